The van der Waals surface area contributed by atoms with Crippen LogP contribution in [-0.4, -0.2) is 32.2 Å². The number of nitrogens with zero attached hydrogens (tertiary/aromatic N) is 2. The van der Waals surface area contributed by atoms with E-state index in [0.29, 0.717) is 10.9 Å². The maximum Gasteiger partial charge on any atom is 0.284 e. The maximum absolute atomic E-state index is 12.7. The van der Waals surface area contributed by atoms with E-state index in [1.807, 2.05) is 17.0 Å². The van der Waals surface area contributed by atoms with Gasteiger partial charge in [-0.3, -0.25) is 0 Å². The lowest BCUT2D eigenvalue weighted by molar-refractivity contribution is 0.343. The molecule has 1 saturated heterocycles. The van der Waals surface area contributed by atoms with Crippen molar-refractivity contribution in [3.8, 4) is 0 Å². The molecule has 1 heterocycles. The molecular weight excluding hydrogens is 344 g/mol. The van der Waals surface area contributed by atoms with E-state index in [4.69, 9.17) is 11.6 Å². The summed E-state index contributed by atoms with van der Waals surface area (Å²) in [5.74, 6) is 0.496. The van der Waals surface area contributed by atoms with Crippen LogP contribution in [0.15, 0.2) is 63.9 Å². The van der Waals surface area contributed by atoms with E-state index in [0.717, 1.165) is 37.9 Å². The fraction of sp³-hybridized carbons (Fsp3) is 0.278. The summed E-state index contributed by atoms with van der Waals surface area (Å²) in [6, 6.07) is 15.5. The van der Waals surface area contributed by atoms with Gasteiger partial charge in [0, 0.05) is 23.7 Å². The standard InChI is InChI=1S/C18H19ClN2O2S/c19-16-11-9-15(10-12-16)18(21-13-5-2-6-14-21)20-24(22,23)17-7-3-1-4-8-17/h1,3-4,7-12H,2,5-6,13-14H2/b20-18-. The zero-order chi connectivity index (χ0) is 17.0. The molecule has 0 N–H and O–H groups in total. The van der Waals surface area contributed by atoms with Gasteiger partial charge in [0.2, 0.25) is 0 Å². The Bertz CT molecular complexity index is 812. The smallest absolute Gasteiger partial charge is 0.284 e. The van der Waals surface area contributed by atoms with Crippen molar-refractivity contribution in [3.05, 3.63) is 65.2 Å². The van der Waals surface area contributed by atoms with Crippen LogP contribution in [0.1, 0.15) is 24.8 Å². The number of benzene rings is 2. The Labute approximate surface area is 147 Å². The summed E-state index contributed by atoms with van der Waals surface area (Å²) in [5, 5.41) is 0.614. The maximum atomic E-state index is 12.7. The molecule has 0 saturated carbocycles. The predicted molar refractivity (Wildman–Crippen MR) is 97.0 cm³/mol. The molecular formula is C18H19ClN2O2S. The van der Waals surface area contributed by atoms with Crippen molar-refractivity contribution in [3.63, 3.8) is 0 Å². The molecule has 0 aromatic heterocycles. The molecule has 4 nitrogen and oxygen atoms in total. The summed E-state index contributed by atoms with van der Waals surface area (Å²) < 4.78 is 29.5. The molecule has 0 bridgehead atoms. The number of amidine groups is 1. The van der Waals surface area contributed by atoms with Crippen molar-refractivity contribution in [2.24, 2.45) is 4.40 Å². The molecule has 0 aliphatic carbocycles. The minimum Gasteiger partial charge on any atom is -0.355 e. The molecule has 0 atom stereocenters. The van der Waals surface area contributed by atoms with Gasteiger partial charge in [0.15, 0.2) is 0 Å². The van der Waals surface area contributed by atoms with Crippen molar-refractivity contribution in [1.82, 2.24) is 4.90 Å². The monoisotopic (exact) mass is 362 g/mol. The quantitative estimate of drug-likeness (QED) is 0.613. The highest BCUT2D eigenvalue weighted by atomic mass is 35.5. The summed E-state index contributed by atoms with van der Waals surface area (Å²) in [6.45, 7) is 1.62. The number of sulfonamides is 1. The molecule has 0 spiro atoms. The van der Waals surface area contributed by atoms with Gasteiger partial charge in [-0.15, -0.1) is 4.40 Å². The Morgan fingerprint density at radius 3 is 2.17 bits per heavy atom. The Kier molecular flexibility index (Phi) is 5.21. The molecule has 126 valence electrons. The normalized spacial score (nSPS) is 16.2. The molecule has 1 fully saturated rings. The Morgan fingerprint density at radius 2 is 1.54 bits per heavy atom. The van der Waals surface area contributed by atoms with Crippen molar-refractivity contribution >= 4 is 27.5 Å². The van der Waals surface area contributed by atoms with Crippen molar-refractivity contribution in [2.45, 2.75) is 24.2 Å². The first-order valence-corrected chi connectivity index (χ1v) is 9.79. The summed E-state index contributed by atoms with van der Waals surface area (Å²) in [6.07, 6.45) is 3.24. The number of hydrogen-bond donors (Lipinski definition) is 0. The number of piperidine rings is 1. The van der Waals surface area contributed by atoms with Crippen LogP contribution in [0.3, 0.4) is 0 Å². The van der Waals surface area contributed by atoms with Crippen LogP contribution in [0.5, 0.6) is 0 Å². The van der Waals surface area contributed by atoms with Gasteiger partial charge in [-0.05, 0) is 55.7 Å². The van der Waals surface area contributed by atoms with Crippen LogP contribution >= 0.6 is 11.6 Å². The van der Waals surface area contributed by atoms with Gasteiger partial charge in [-0.25, -0.2) is 0 Å². The molecule has 0 radical (unpaired) electrons. The SMILES string of the molecule is O=S(=O)(/N=C(/c1ccc(Cl)cc1)N1CCCCC1)c1ccccc1. The number of rotatable bonds is 3. The van der Waals surface area contributed by atoms with E-state index in [2.05, 4.69) is 4.40 Å². The second kappa shape index (κ2) is 7.36. The lowest BCUT2D eigenvalue weighted by Gasteiger charge is -2.29. The van der Waals surface area contributed by atoms with Gasteiger partial charge in [0.1, 0.15) is 5.84 Å². The molecule has 0 amide bonds. The Morgan fingerprint density at radius 1 is 0.917 bits per heavy atom. The van der Waals surface area contributed by atoms with Gasteiger partial charge < -0.3 is 4.90 Å². The zero-order valence-electron chi connectivity index (χ0n) is 13.2. The minimum atomic E-state index is -3.75. The molecule has 2 aromatic rings. The van der Waals surface area contributed by atoms with Crippen molar-refractivity contribution in [2.75, 3.05) is 13.1 Å². The third-order valence-corrected chi connectivity index (χ3v) is 5.54. The molecule has 1 aliphatic heterocycles. The summed E-state index contributed by atoms with van der Waals surface area (Å²) in [7, 11) is -3.75. The average Bonchev–Trinajstić information content (AvgIpc) is 2.62. The van der Waals surface area contributed by atoms with E-state index in [9.17, 15) is 8.42 Å². The van der Waals surface area contributed by atoms with Gasteiger partial charge in [0.05, 0.1) is 4.90 Å². The first-order chi connectivity index (χ1) is 11.6. The van der Waals surface area contributed by atoms with E-state index in [-0.39, 0.29) is 4.90 Å². The van der Waals surface area contributed by atoms with Crippen LogP contribution in [-0.2, 0) is 10.0 Å². The Hall–Kier alpha value is -1.85. The third kappa shape index (κ3) is 3.97. The summed E-state index contributed by atoms with van der Waals surface area (Å²) in [5.41, 5.74) is 0.765. The molecule has 2 aromatic carbocycles. The molecule has 24 heavy (non-hydrogen) atoms. The second-order valence-corrected chi connectivity index (χ2v) is 7.80. The highest BCUT2D eigenvalue weighted by molar-refractivity contribution is 7.90. The van der Waals surface area contributed by atoms with E-state index < -0.39 is 10.0 Å². The molecule has 1 aliphatic rings. The molecule has 6 heteroatoms. The highest BCUT2D eigenvalue weighted by Crippen LogP contribution is 2.19. The van der Waals surface area contributed by atoms with Crippen LogP contribution in [0.2, 0.25) is 5.02 Å². The van der Waals surface area contributed by atoms with Gasteiger partial charge in [-0.1, -0.05) is 29.8 Å². The van der Waals surface area contributed by atoms with Crippen LogP contribution in [0.4, 0.5) is 0 Å². The summed E-state index contributed by atoms with van der Waals surface area (Å²) >= 11 is 5.96. The average molecular weight is 363 g/mol. The molecule has 0 unspecified atom stereocenters. The van der Waals surface area contributed by atoms with E-state index in [1.165, 1.54) is 0 Å². The third-order valence-electron chi connectivity index (χ3n) is 4.01. The van der Waals surface area contributed by atoms with Crippen LogP contribution in [0, 0.1) is 0 Å². The van der Waals surface area contributed by atoms with Crippen LogP contribution < -0.4 is 0 Å². The van der Waals surface area contributed by atoms with Crippen molar-refractivity contribution in [1.29, 1.82) is 0 Å². The van der Waals surface area contributed by atoms with Gasteiger partial charge in [-0.2, -0.15) is 8.42 Å². The number of halogens is 1. The zero-order valence-corrected chi connectivity index (χ0v) is 14.8. The van der Waals surface area contributed by atoms with Gasteiger partial charge in [0.25, 0.3) is 10.0 Å². The fourth-order valence-corrected chi connectivity index (χ4v) is 3.94. The fourth-order valence-electron chi connectivity index (χ4n) is 2.76. The molecule has 3 rings (SSSR count). The second-order valence-electron chi connectivity index (χ2n) is 5.76. The Balaban J connectivity index is 2.05. The largest absolute Gasteiger partial charge is 0.355 e. The summed E-state index contributed by atoms with van der Waals surface area (Å²) in [4.78, 5) is 2.25. The van der Waals surface area contributed by atoms with Crippen LogP contribution in [0.25, 0.3) is 0 Å². The predicted octanol–water partition coefficient (Wildman–Crippen LogP) is 3.96. The number of hydrogen-bond acceptors (Lipinski definition) is 2. The first kappa shape index (κ1) is 17.0. The first-order valence-electron chi connectivity index (χ1n) is 7.97. The van der Waals surface area contributed by atoms with Crippen molar-refractivity contribution < 1.29 is 8.42 Å². The van der Waals surface area contributed by atoms with E-state index >= 15 is 0 Å². The number of likely N-dealkylation sites (tertiary alicyclic amines) is 1. The van der Waals surface area contributed by atoms with E-state index in [1.54, 1.807) is 42.5 Å². The minimum absolute atomic E-state index is 0.202. The lowest BCUT2D eigenvalue weighted by atomic mass is 10.1. The topological polar surface area (TPSA) is 49.7 Å². The lowest BCUT2D eigenvalue weighted by Crippen LogP contribution is -2.36. The highest BCUT2D eigenvalue weighted by Gasteiger charge is 2.21. The van der Waals surface area contributed by atoms with Gasteiger partial charge >= 0.3 is 0 Å².